The number of aromatic nitrogens is 3. The lowest BCUT2D eigenvalue weighted by Gasteiger charge is -2.13. The zero-order chi connectivity index (χ0) is 20.7. The Morgan fingerprint density at radius 2 is 2.20 bits per heavy atom. The number of para-hydroxylation sites is 1. The fraction of sp³-hybridized carbons (Fsp3) is 0.261. The Morgan fingerprint density at radius 1 is 1.33 bits per heavy atom. The van der Waals surface area contributed by atoms with E-state index in [1.165, 1.54) is 10.9 Å². The van der Waals surface area contributed by atoms with E-state index in [2.05, 4.69) is 21.4 Å². The van der Waals surface area contributed by atoms with Crippen LogP contribution in [0.5, 0.6) is 0 Å². The molecule has 5 rings (SSSR count). The molecule has 0 saturated carbocycles. The number of hydrogen-bond acceptors (Lipinski definition) is 4. The first-order valence-corrected chi connectivity index (χ1v) is 10.1. The molecule has 4 heterocycles. The molecule has 152 valence electrons. The number of hydrogen-bond donors (Lipinski definition) is 2. The number of benzene rings is 1. The van der Waals surface area contributed by atoms with E-state index in [1.807, 2.05) is 29.0 Å². The fourth-order valence-electron chi connectivity index (χ4n) is 4.26. The number of amides is 1. The van der Waals surface area contributed by atoms with Crippen molar-refractivity contribution in [2.75, 3.05) is 0 Å². The van der Waals surface area contributed by atoms with Crippen molar-refractivity contribution in [1.82, 2.24) is 19.9 Å². The number of carbonyl (C=O) groups excluding carboxylic acids is 1. The van der Waals surface area contributed by atoms with Gasteiger partial charge in [-0.1, -0.05) is 18.2 Å². The van der Waals surface area contributed by atoms with Gasteiger partial charge in [0.15, 0.2) is 0 Å². The van der Waals surface area contributed by atoms with Crippen LogP contribution in [-0.4, -0.2) is 26.5 Å². The van der Waals surface area contributed by atoms with Crippen LogP contribution in [0.4, 0.5) is 0 Å². The standard InChI is InChI=1S/C23H22N4O3/c1-14-8-18(7-6-15-10-25-20-5-3-2-4-19(15)20)30-23(29)21(14)22(28)26-16-9-17-11-24-13-27(17)12-16/h2-5,8,10-11,13,16,25H,6-7,9,12H2,1H3,(H,26,28). The molecule has 30 heavy (non-hydrogen) atoms. The predicted molar refractivity (Wildman–Crippen MR) is 113 cm³/mol. The molecule has 0 bridgehead atoms. The van der Waals surface area contributed by atoms with Crippen molar-refractivity contribution in [3.8, 4) is 0 Å². The highest BCUT2D eigenvalue weighted by Crippen LogP contribution is 2.20. The van der Waals surface area contributed by atoms with E-state index in [9.17, 15) is 9.59 Å². The lowest BCUT2D eigenvalue weighted by molar-refractivity contribution is 0.0931. The second kappa shape index (κ2) is 7.33. The van der Waals surface area contributed by atoms with Gasteiger partial charge in [0.1, 0.15) is 11.3 Å². The molecular formula is C23H22N4O3. The monoisotopic (exact) mass is 402 g/mol. The Bertz CT molecular complexity index is 1280. The minimum absolute atomic E-state index is 0.0455. The van der Waals surface area contributed by atoms with Gasteiger partial charge in [-0.15, -0.1) is 0 Å². The van der Waals surface area contributed by atoms with E-state index in [0.29, 0.717) is 30.7 Å². The maximum atomic E-state index is 12.7. The van der Waals surface area contributed by atoms with Crippen molar-refractivity contribution in [3.05, 3.63) is 87.6 Å². The van der Waals surface area contributed by atoms with Crippen molar-refractivity contribution in [3.63, 3.8) is 0 Å². The summed E-state index contributed by atoms with van der Waals surface area (Å²) in [6.07, 6.45) is 7.58. The topological polar surface area (TPSA) is 92.9 Å². The summed E-state index contributed by atoms with van der Waals surface area (Å²) in [6.45, 7) is 2.44. The first-order chi connectivity index (χ1) is 14.6. The van der Waals surface area contributed by atoms with E-state index in [4.69, 9.17) is 4.42 Å². The molecule has 0 saturated heterocycles. The predicted octanol–water partition coefficient (Wildman–Crippen LogP) is 2.77. The van der Waals surface area contributed by atoms with E-state index >= 15 is 0 Å². The molecule has 3 aromatic heterocycles. The number of imidazole rings is 1. The van der Waals surface area contributed by atoms with Crippen molar-refractivity contribution in [1.29, 1.82) is 0 Å². The van der Waals surface area contributed by atoms with Crippen LogP contribution in [0.1, 0.15) is 32.9 Å². The summed E-state index contributed by atoms with van der Waals surface area (Å²) in [5.41, 5.74) is 3.48. The summed E-state index contributed by atoms with van der Waals surface area (Å²) >= 11 is 0. The fourth-order valence-corrected chi connectivity index (χ4v) is 4.26. The molecule has 0 spiro atoms. The first-order valence-electron chi connectivity index (χ1n) is 10.1. The minimum Gasteiger partial charge on any atom is -0.427 e. The smallest absolute Gasteiger partial charge is 0.349 e. The number of aromatic amines is 1. The van der Waals surface area contributed by atoms with Gasteiger partial charge in [-0.25, -0.2) is 9.78 Å². The Hall–Kier alpha value is -3.61. The van der Waals surface area contributed by atoms with Gasteiger partial charge in [0.25, 0.3) is 5.91 Å². The van der Waals surface area contributed by atoms with Crippen LogP contribution in [0, 0.1) is 6.92 Å². The molecule has 2 N–H and O–H groups in total. The van der Waals surface area contributed by atoms with Gasteiger partial charge in [-0.2, -0.15) is 0 Å². The molecule has 0 radical (unpaired) electrons. The minimum atomic E-state index is -0.583. The van der Waals surface area contributed by atoms with Gasteiger partial charge in [0, 0.05) is 48.4 Å². The number of fused-ring (bicyclic) bond motifs is 2. The average Bonchev–Trinajstić information content (AvgIpc) is 3.40. The summed E-state index contributed by atoms with van der Waals surface area (Å²) < 4.78 is 7.50. The molecule has 1 unspecified atom stereocenters. The molecule has 7 heteroatoms. The molecule has 0 aliphatic carbocycles. The third kappa shape index (κ3) is 3.32. The van der Waals surface area contributed by atoms with E-state index in [1.54, 1.807) is 25.5 Å². The summed E-state index contributed by atoms with van der Waals surface area (Å²) in [5, 5.41) is 4.12. The number of nitrogens with zero attached hydrogens (tertiary/aromatic N) is 2. The van der Waals surface area contributed by atoms with Gasteiger partial charge < -0.3 is 19.3 Å². The first kappa shape index (κ1) is 18.4. The Kier molecular flexibility index (Phi) is 4.50. The Labute approximate surface area is 172 Å². The SMILES string of the molecule is Cc1cc(CCc2c[nH]c3ccccc23)oc(=O)c1C(=O)NC1Cc2cncn2C1. The van der Waals surface area contributed by atoms with Gasteiger partial charge in [0.05, 0.1) is 12.4 Å². The van der Waals surface area contributed by atoms with E-state index < -0.39 is 5.63 Å². The van der Waals surface area contributed by atoms with Crippen LogP contribution < -0.4 is 10.9 Å². The summed E-state index contributed by atoms with van der Waals surface area (Å²) in [5.74, 6) is 0.204. The number of aryl methyl sites for hydroxylation is 3. The highest BCUT2D eigenvalue weighted by Gasteiger charge is 2.25. The molecule has 1 aliphatic rings. The summed E-state index contributed by atoms with van der Waals surface area (Å²) in [7, 11) is 0. The largest absolute Gasteiger partial charge is 0.427 e. The van der Waals surface area contributed by atoms with Crippen molar-refractivity contribution in [2.45, 2.75) is 38.8 Å². The maximum Gasteiger partial charge on any atom is 0.349 e. The second-order valence-electron chi connectivity index (χ2n) is 7.83. The van der Waals surface area contributed by atoms with Gasteiger partial charge >= 0.3 is 5.63 Å². The molecular weight excluding hydrogens is 380 g/mol. The highest BCUT2D eigenvalue weighted by atomic mass is 16.4. The zero-order valence-electron chi connectivity index (χ0n) is 16.6. The van der Waals surface area contributed by atoms with Gasteiger partial charge in [-0.05, 0) is 36.6 Å². The van der Waals surface area contributed by atoms with Gasteiger partial charge in [0.2, 0.25) is 0 Å². The lowest BCUT2D eigenvalue weighted by Crippen LogP contribution is -2.38. The van der Waals surface area contributed by atoms with Crippen LogP contribution in [0.25, 0.3) is 10.9 Å². The van der Waals surface area contributed by atoms with Crippen LogP contribution in [0.15, 0.2) is 58.3 Å². The highest BCUT2D eigenvalue weighted by molar-refractivity contribution is 5.95. The van der Waals surface area contributed by atoms with Crippen LogP contribution in [0.2, 0.25) is 0 Å². The molecule has 1 amide bonds. The van der Waals surface area contributed by atoms with Crippen molar-refractivity contribution < 1.29 is 9.21 Å². The van der Waals surface area contributed by atoms with Crippen molar-refractivity contribution >= 4 is 16.8 Å². The molecule has 1 atom stereocenters. The van der Waals surface area contributed by atoms with E-state index in [-0.39, 0.29) is 17.5 Å². The van der Waals surface area contributed by atoms with Gasteiger partial charge in [-0.3, -0.25) is 4.79 Å². The number of rotatable bonds is 5. The Balaban J connectivity index is 1.29. The number of nitrogens with one attached hydrogen (secondary N) is 2. The Morgan fingerprint density at radius 3 is 3.03 bits per heavy atom. The normalized spacial score (nSPS) is 15.4. The quantitative estimate of drug-likeness (QED) is 0.537. The van der Waals surface area contributed by atoms with Crippen molar-refractivity contribution in [2.24, 2.45) is 0 Å². The van der Waals surface area contributed by atoms with E-state index in [0.717, 1.165) is 17.6 Å². The third-order valence-electron chi connectivity index (χ3n) is 5.75. The van der Waals surface area contributed by atoms with Crippen LogP contribution in [-0.2, 0) is 25.8 Å². The zero-order valence-corrected chi connectivity index (χ0v) is 16.6. The molecule has 7 nitrogen and oxygen atoms in total. The van der Waals surface area contributed by atoms with Crippen LogP contribution >= 0.6 is 0 Å². The second-order valence-corrected chi connectivity index (χ2v) is 7.83. The van der Waals surface area contributed by atoms with Crippen LogP contribution in [0.3, 0.4) is 0 Å². The number of H-pyrrole nitrogens is 1. The molecule has 1 aliphatic heterocycles. The number of carbonyl (C=O) groups is 1. The average molecular weight is 402 g/mol. The third-order valence-corrected chi connectivity index (χ3v) is 5.75. The lowest BCUT2D eigenvalue weighted by atomic mass is 10.0. The summed E-state index contributed by atoms with van der Waals surface area (Å²) in [4.78, 5) is 32.6. The molecule has 4 aromatic rings. The maximum absolute atomic E-state index is 12.7. The summed E-state index contributed by atoms with van der Waals surface area (Å²) in [6, 6.07) is 9.87. The molecule has 0 fully saturated rings. The molecule has 1 aromatic carbocycles.